The molecule has 1 aromatic carbocycles. The van der Waals surface area contributed by atoms with Gasteiger partial charge in [-0.05, 0) is 51.7 Å². The first kappa shape index (κ1) is 10.9. The van der Waals surface area contributed by atoms with Gasteiger partial charge in [-0.15, -0.1) is 0 Å². The molecule has 1 atom stereocenters. The van der Waals surface area contributed by atoms with Gasteiger partial charge >= 0.3 is 0 Å². The molecule has 1 nitrogen and oxygen atoms in total. The number of anilines is 1. The smallest absolute Gasteiger partial charge is 0.0631 e. The molecular formula is C16H21N. The molecule has 2 heterocycles. The standard InChI is InChI=1S/C16H21N/c1-12(2)15-13-8-4-5-9-14(13)17-11-7-6-10-16(15,17)3/h4-5,8-9H,6-7,10-11H2,1-3H3/t16-/m0/s1. The molecule has 1 heteroatoms. The van der Waals surface area contributed by atoms with Crippen molar-refractivity contribution in [2.24, 2.45) is 0 Å². The summed E-state index contributed by atoms with van der Waals surface area (Å²) in [7, 11) is 0. The maximum absolute atomic E-state index is 2.63. The van der Waals surface area contributed by atoms with Gasteiger partial charge in [0.05, 0.1) is 5.54 Å². The van der Waals surface area contributed by atoms with Crippen molar-refractivity contribution < 1.29 is 0 Å². The molecule has 0 spiro atoms. The molecule has 3 rings (SSSR count). The zero-order valence-electron chi connectivity index (χ0n) is 11.1. The molecule has 0 radical (unpaired) electrons. The number of piperidine rings is 1. The number of hydrogen-bond donors (Lipinski definition) is 0. The molecule has 1 saturated heterocycles. The van der Waals surface area contributed by atoms with E-state index in [1.54, 1.807) is 5.57 Å². The van der Waals surface area contributed by atoms with Gasteiger partial charge in [0.2, 0.25) is 0 Å². The molecule has 17 heavy (non-hydrogen) atoms. The van der Waals surface area contributed by atoms with Crippen molar-refractivity contribution in [2.45, 2.75) is 45.6 Å². The second kappa shape index (κ2) is 3.63. The summed E-state index contributed by atoms with van der Waals surface area (Å²) in [5.41, 5.74) is 6.22. The van der Waals surface area contributed by atoms with Gasteiger partial charge in [-0.2, -0.15) is 0 Å². The zero-order chi connectivity index (χ0) is 12.0. The van der Waals surface area contributed by atoms with E-state index in [1.807, 2.05) is 0 Å². The van der Waals surface area contributed by atoms with Crippen LogP contribution in [0.15, 0.2) is 29.8 Å². The van der Waals surface area contributed by atoms with Crippen LogP contribution in [-0.2, 0) is 0 Å². The molecule has 0 unspecified atom stereocenters. The molecule has 1 fully saturated rings. The van der Waals surface area contributed by atoms with E-state index < -0.39 is 0 Å². The Morgan fingerprint density at radius 1 is 1.18 bits per heavy atom. The second-order valence-corrected chi connectivity index (χ2v) is 5.77. The fraction of sp³-hybridized carbons (Fsp3) is 0.500. The second-order valence-electron chi connectivity index (χ2n) is 5.77. The Bertz CT molecular complexity index is 482. The van der Waals surface area contributed by atoms with E-state index >= 15 is 0 Å². The van der Waals surface area contributed by atoms with Gasteiger partial charge in [0.1, 0.15) is 0 Å². The Kier molecular flexibility index (Phi) is 2.32. The number of para-hydroxylation sites is 1. The highest BCUT2D eigenvalue weighted by Gasteiger charge is 2.45. The fourth-order valence-electron chi connectivity index (χ4n) is 3.79. The van der Waals surface area contributed by atoms with Crippen molar-refractivity contribution in [1.82, 2.24) is 0 Å². The first-order valence-electron chi connectivity index (χ1n) is 6.69. The molecule has 2 aliphatic heterocycles. The van der Waals surface area contributed by atoms with Gasteiger partial charge in [0.15, 0.2) is 0 Å². The van der Waals surface area contributed by atoms with E-state index in [0.717, 1.165) is 0 Å². The van der Waals surface area contributed by atoms with Crippen LogP contribution in [0.2, 0.25) is 0 Å². The minimum atomic E-state index is 0.251. The average Bonchev–Trinajstić information content (AvgIpc) is 2.57. The maximum atomic E-state index is 2.63. The number of benzene rings is 1. The van der Waals surface area contributed by atoms with Crippen LogP contribution in [0.4, 0.5) is 5.69 Å². The summed E-state index contributed by atoms with van der Waals surface area (Å²) in [5.74, 6) is 0. The number of fused-ring (bicyclic) bond motifs is 3. The van der Waals surface area contributed by atoms with E-state index in [2.05, 4.69) is 49.9 Å². The van der Waals surface area contributed by atoms with Crippen LogP contribution in [-0.4, -0.2) is 12.1 Å². The number of allylic oxidation sites excluding steroid dienone is 1. The van der Waals surface area contributed by atoms with Crippen LogP contribution >= 0.6 is 0 Å². The molecule has 0 amide bonds. The molecule has 0 aliphatic carbocycles. The van der Waals surface area contributed by atoms with Crippen LogP contribution < -0.4 is 4.90 Å². The van der Waals surface area contributed by atoms with Gasteiger partial charge < -0.3 is 4.90 Å². The number of hydrogen-bond acceptors (Lipinski definition) is 1. The van der Waals surface area contributed by atoms with Gasteiger partial charge in [0.25, 0.3) is 0 Å². The molecule has 0 bridgehead atoms. The van der Waals surface area contributed by atoms with Crippen molar-refractivity contribution in [2.75, 3.05) is 11.4 Å². The van der Waals surface area contributed by atoms with Crippen molar-refractivity contribution in [3.8, 4) is 0 Å². The summed E-state index contributed by atoms with van der Waals surface area (Å²) in [5, 5.41) is 0. The van der Waals surface area contributed by atoms with Gasteiger partial charge in [-0.3, -0.25) is 0 Å². The Morgan fingerprint density at radius 3 is 2.71 bits per heavy atom. The largest absolute Gasteiger partial charge is 0.362 e. The van der Waals surface area contributed by atoms with Crippen molar-refractivity contribution >= 4 is 11.3 Å². The van der Waals surface area contributed by atoms with Crippen molar-refractivity contribution in [3.05, 3.63) is 35.4 Å². The van der Waals surface area contributed by atoms with E-state index in [1.165, 1.54) is 42.6 Å². The summed E-state index contributed by atoms with van der Waals surface area (Å²) in [4.78, 5) is 2.63. The van der Waals surface area contributed by atoms with Crippen LogP contribution in [0, 0.1) is 0 Å². The third kappa shape index (κ3) is 1.38. The van der Waals surface area contributed by atoms with Crippen molar-refractivity contribution in [3.63, 3.8) is 0 Å². The minimum absolute atomic E-state index is 0.251. The highest BCUT2D eigenvalue weighted by molar-refractivity contribution is 5.92. The van der Waals surface area contributed by atoms with E-state index in [9.17, 15) is 0 Å². The van der Waals surface area contributed by atoms with Crippen LogP contribution in [0.5, 0.6) is 0 Å². The zero-order valence-corrected chi connectivity index (χ0v) is 11.1. The third-order valence-electron chi connectivity index (χ3n) is 4.39. The first-order valence-corrected chi connectivity index (χ1v) is 6.69. The van der Waals surface area contributed by atoms with E-state index in [-0.39, 0.29) is 5.54 Å². The number of nitrogens with zero attached hydrogens (tertiary/aromatic N) is 1. The summed E-state index contributed by atoms with van der Waals surface area (Å²) in [6.07, 6.45) is 3.99. The Labute approximate surface area is 104 Å². The highest BCUT2D eigenvalue weighted by Crippen LogP contribution is 2.52. The SMILES string of the molecule is CC(C)=C1c2ccccc2N2CCCC[C@@]12C. The summed E-state index contributed by atoms with van der Waals surface area (Å²) >= 11 is 0. The summed E-state index contributed by atoms with van der Waals surface area (Å²) in [6.45, 7) is 8.16. The quantitative estimate of drug-likeness (QED) is 0.640. The average molecular weight is 227 g/mol. The van der Waals surface area contributed by atoms with Crippen LogP contribution in [0.1, 0.15) is 45.6 Å². The van der Waals surface area contributed by atoms with Crippen LogP contribution in [0.3, 0.4) is 0 Å². The Balaban J connectivity index is 2.25. The molecule has 0 saturated carbocycles. The molecule has 90 valence electrons. The molecular weight excluding hydrogens is 206 g/mol. The fourth-order valence-corrected chi connectivity index (χ4v) is 3.79. The minimum Gasteiger partial charge on any atom is -0.362 e. The van der Waals surface area contributed by atoms with E-state index in [4.69, 9.17) is 0 Å². The predicted octanol–water partition coefficient (Wildman–Crippen LogP) is 4.24. The predicted molar refractivity (Wildman–Crippen MR) is 74.3 cm³/mol. The van der Waals surface area contributed by atoms with Gasteiger partial charge in [-0.1, -0.05) is 23.8 Å². The molecule has 0 aromatic heterocycles. The lowest BCUT2D eigenvalue weighted by Gasteiger charge is -2.42. The topological polar surface area (TPSA) is 3.24 Å². The first-order chi connectivity index (χ1) is 8.14. The summed E-state index contributed by atoms with van der Waals surface area (Å²) in [6, 6.07) is 8.92. The Hall–Kier alpha value is -1.24. The monoisotopic (exact) mass is 227 g/mol. The lowest BCUT2D eigenvalue weighted by molar-refractivity contribution is 0.421. The lowest BCUT2D eigenvalue weighted by Crippen LogP contribution is -2.47. The lowest BCUT2D eigenvalue weighted by atomic mass is 9.81. The maximum Gasteiger partial charge on any atom is 0.0631 e. The summed E-state index contributed by atoms with van der Waals surface area (Å²) < 4.78 is 0. The normalized spacial score (nSPS) is 26.8. The Morgan fingerprint density at radius 2 is 1.94 bits per heavy atom. The molecule has 1 aromatic rings. The van der Waals surface area contributed by atoms with Crippen LogP contribution in [0.25, 0.3) is 5.57 Å². The van der Waals surface area contributed by atoms with E-state index in [0.29, 0.717) is 0 Å². The third-order valence-corrected chi connectivity index (χ3v) is 4.39. The highest BCUT2D eigenvalue weighted by atomic mass is 15.2. The number of rotatable bonds is 0. The molecule has 2 aliphatic rings. The van der Waals surface area contributed by atoms with Gasteiger partial charge in [0, 0.05) is 17.8 Å². The van der Waals surface area contributed by atoms with Gasteiger partial charge in [-0.25, -0.2) is 0 Å². The molecule has 0 N–H and O–H groups in total. The van der Waals surface area contributed by atoms with Crippen molar-refractivity contribution in [1.29, 1.82) is 0 Å².